The zero-order valence-corrected chi connectivity index (χ0v) is 14.8. The average molecular weight is 368 g/mol. The summed E-state index contributed by atoms with van der Waals surface area (Å²) in [5.74, 6) is -0.0944. The highest BCUT2D eigenvalue weighted by Gasteiger charge is 2.19. The van der Waals surface area contributed by atoms with Crippen LogP contribution in [0.15, 0.2) is 64.4 Å². The second kappa shape index (κ2) is 7.43. The van der Waals surface area contributed by atoms with E-state index in [4.69, 9.17) is 5.73 Å². The van der Waals surface area contributed by atoms with Gasteiger partial charge in [0.05, 0.1) is 15.5 Å². The number of sulfone groups is 1. The number of nitrogens with one attached hydrogen (secondary N) is 1. The molecule has 8 heteroatoms. The Morgan fingerprint density at radius 1 is 0.958 bits per heavy atom. The maximum Gasteiger partial charge on any atom is 0.240 e. The van der Waals surface area contributed by atoms with E-state index in [1.165, 1.54) is 25.1 Å². The van der Waals surface area contributed by atoms with E-state index in [9.17, 15) is 16.8 Å². The van der Waals surface area contributed by atoms with Crippen LogP contribution in [0.3, 0.4) is 0 Å². The Morgan fingerprint density at radius 2 is 1.58 bits per heavy atom. The summed E-state index contributed by atoms with van der Waals surface area (Å²) in [6.07, 6.45) is 0. The number of rotatable bonds is 7. The van der Waals surface area contributed by atoms with Crippen LogP contribution in [0.25, 0.3) is 0 Å². The van der Waals surface area contributed by atoms with Crippen molar-refractivity contribution in [2.45, 2.75) is 22.8 Å². The summed E-state index contributed by atoms with van der Waals surface area (Å²) in [6.45, 7) is 1.52. The van der Waals surface area contributed by atoms with E-state index < -0.39 is 25.9 Å². The Hall–Kier alpha value is -1.74. The Morgan fingerprint density at radius 3 is 2.21 bits per heavy atom. The number of sulfonamides is 1. The van der Waals surface area contributed by atoms with E-state index in [1.807, 2.05) is 30.3 Å². The lowest BCUT2D eigenvalue weighted by Gasteiger charge is -2.14. The van der Waals surface area contributed by atoms with Crippen LogP contribution in [-0.2, 0) is 19.9 Å². The fourth-order valence-electron chi connectivity index (χ4n) is 2.10. The van der Waals surface area contributed by atoms with Gasteiger partial charge in [-0.3, -0.25) is 0 Å². The van der Waals surface area contributed by atoms with Crippen molar-refractivity contribution in [1.82, 2.24) is 4.72 Å². The van der Waals surface area contributed by atoms with Gasteiger partial charge in [-0.15, -0.1) is 0 Å². The van der Waals surface area contributed by atoms with E-state index >= 15 is 0 Å². The molecular weight excluding hydrogens is 348 g/mol. The molecule has 2 aromatic carbocycles. The summed E-state index contributed by atoms with van der Waals surface area (Å²) in [5.41, 5.74) is 6.79. The molecule has 0 amide bonds. The second-order valence-electron chi connectivity index (χ2n) is 5.25. The van der Waals surface area contributed by atoms with Crippen LogP contribution in [0.5, 0.6) is 0 Å². The molecule has 3 N–H and O–H groups in total. The van der Waals surface area contributed by atoms with Crippen LogP contribution in [0.2, 0.25) is 0 Å². The fraction of sp³-hybridized carbons (Fsp3) is 0.250. The first kappa shape index (κ1) is 18.6. The molecule has 0 aliphatic rings. The SMILES string of the molecule is CCS(=O)(=O)c1cccc(S(=O)(=O)NCC(N)c2ccccc2)c1. The van der Waals surface area contributed by atoms with Crippen LogP contribution in [0, 0.1) is 0 Å². The van der Waals surface area contributed by atoms with Gasteiger partial charge in [0, 0.05) is 12.6 Å². The molecule has 0 saturated carbocycles. The topological polar surface area (TPSA) is 106 Å². The van der Waals surface area contributed by atoms with Crippen LogP contribution < -0.4 is 10.5 Å². The third kappa shape index (κ3) is 4.41. The molecule has 0 aliphatic carbocycles. The fourth-order valence-corrected chi connectivity index (χ4v) is 4.21. The third-order valence-electron chi connectivity index (χ3n) is 3.58. The molecule has 0 bridgehead atoms. The van der Waals surface area contributed by atoms with Gasteiger partial charge in [0.25, 0.3) is 0 Å². The molecule has 0 spiro atoms. The standard InChI is InChI=1S/C16H20N2O4S2/c1-2-23(19,20)14-9-6-10-15(11-14)24(21,22)18-12-16(17)13-7-4-3-5-8-13/h3-11,16,18H,2,12,17H2,1H3. The minimum absolute atomic E-state index is 0.0110. The van der Waals surface area contributed by atoms with Crippen molar-refractivity contribution in [1.29, 1.82) is 0 Å². The molecule has 0 radical (unpaired) electrons. The third-order valence-corrected chi connectivity index (χ3v) is 6.73. The predicted octanol–water partition coefficient (Wildman–Crippen LogP) is 1.46. The van der Waals surface area contributed by atoms with Crippen LogP contribution in [0.4, 0.5) is 0 Å². The van der Waals surface area contributed by atoms with Crippen molar-refractivity contribution in [3.05, 3.63) is 60.2 Å². The van der Waals surface area contributed by atoms with E-state index in [0.29, 0.717) is 0 Å². The average Bonchev–Trinajstić information content (AvgIpc) is 2.60. The number of benzene rings is 2. The monoisotopic (exact) mass is 368 g/mol. The highest BCUT2D eigenvalue weighted by molar-refractivity contribution is 7.91. The molecule has 0 fully saturated rings. The van der Waals surface area contributed by atoms with Crippen molar-refractivity contribution in [2.75, 3.05) is 12.3 Å². The van der Waals surface area contributed by atoms with Crippen LogP contribution >= 0.6 is 0 Å². The first-order valence-electron chi connectivity index (χ1n) is 7.39. The Balaban J connectivity index is 2.18. The lowest BCUT2D eigenvalue weighted by molar-refractivity contribution is 0.572. The van der Waals surface area contributed by atoms with Crippen molar-refractivity contribution in [2.24, 2.45) is 5.73 Å². The van der Waals surface area contributed by atoms with E-state index in [2.05, 4.69) is 4.72 Å². The second-order valence-corrected chi connectivity index (χ2v) is 9.29. The minimum atomic E-state index is -3.85. The highest BCUT2D eigenvalue weighted by Crippen LogP contribution is 2.17. The van der Waals surface area contributed by atoms with Gasteiger partial charge in [0.2, 0.25) is 10.0 Å². The van der Waals surface area contributed by atoms with Crippen molar-refractivity contribution in [3.63, 3.8) is 0 Å². The van der Waals surface area contributed by atoms with Crippen molar-refractivity contribution >= 4 is 19.9 Å². The molecule has 2 aromatic rings. The Bertz CT molecular complexity index is 895. The molecule has 130 valence electrons. The predicted molar refractivity (Wildman–Crippen MR) is 92.7 cm³/mol. The Kier molecular flexibility index (Phi) is 5.76. The molecular formula is C16H20N2O4S2. The number of hydrogen-bond donors (Lipinski definition) is 2. The molecule has 1 unspecified atom stereocenters. The zero-order chi connectivity index (χ0) is 17.8. The number of hydrogen-bond acceptors (Lipinski definition) is 5. The largest absolute Gasteiger partial charge is 0.323 e. The summed E-state index contributed by atoms with van der Waals surface area (Å²) in [5, 5.41) is 0. The smallest absolute Gasteiger partial charge is 0.240 e. The molecule has 24 heavy (non-hydrogen) atoms. The summed E-state index contributed by atoms with van der Waals surface area (Å²) in [6, 6.07) is 13.9. The van der Waals surface area contributed by atoms with E-state index in [1.54, 1.807) is 0 Å². The van der Waals surface area contributed by atoms with Gasteiger partial charge in [-0.05, 0) is 23.8 Å². The molecule has 0 aliphatic heterocycles. The van der Waals surface area contributed by atoms with Gasteiger partial charge >= 0.3 is 0 Å². The van der Waals surface area contributed by atoms with Gasteiger partial charge < -0.3 is 5.73 Å². The normalized spacial score (nSPS) is 13.6. The van der Waals surface area contributed by atoms with Crippen LogP contribution in [-0.4, -0.2) is 29.1 Å². The van der Waals surface area contributed by atoms with Gasteiger partial charge in [0.15, 0.2) is 9.84 Å². The summed E-state index contributed by atoms with van der Waals surface area (Å²) in [7, 11) is -7.32. The quantitative estimate of drug-likeness (QED) is 0.769. The lowest BCUT2D eigenvalue weighted by Crippen LogP contribution is -2.32. The molecule has 1 atom stereocenters. The summed E-state index contributed by atoms with van der Waals surface area (Å²) >= 11 is 0. The number of nitrogens with two attached hydrogens (primary N) is 1. The van der Waals surface area contributed by atoms with Crippen molar-refractivity contribution in [3.8, 4) is 0 Å². The molecule has 6 nitrogen and oxygen atoms in total. The van der Waals surface area contributed by atoms with E-state index in [0.717, 1.165) is 11.6 Å². The maximum atomic E-state index is 12.4. The van der Waals surface area contributed by atoms with Crippen molar-refractivity contribution < 1.29 is 16.8 Å². The van der Waals surface area contributed by atoms with E-state index in [-0.39, 0.29) is 22.1 Å². The molecule has 0 saturated heterocycles. The van der Waals surface area contributed by atoms with Gasteiger partial charge in [-0.1, -0.05) is 43.3 Å². The molecule has 0 heterocycles. The maximum absolute atomic E-state index is 12.4. The first-order valence-corrected chi connectivity index (χ1v) is 10.5. The summed E-state index contributed by atoms with van der Waals surface area (Å²) in [4.78, 5) is -0.113. The molecule has 0 aromatic heterocycles. The minimum Gasteiger partial charge on any atom is -0.323 e. The Labute approximate surface area is 142 Å². The van der Waals surface area contributed by atoms with Crippen LogP contribution in [0.1, 0.15) is 18.5 Å². The zero-order valence-electron chi connectivity index (χ0n) is 13.2. The molecule has 2 rings (SSSR count). The highest BCUT2D eigenvalue weighted by atomic mass is 32.2. The van der Waals surface area contributed by atoms with Gasteiger partial charge in [-0.2, -0.15) is 0 Å². The van der Waals surface area contributed by atoms with Gasteiger partial charge in [-0.25, -0.2) is 21.6 Å². The lowest BCUT2D eigenvalue weighted by atomic mass is 10.1. The summed E-state index contributed by atoms with van der Waals surface area (Å²) < 4.78 is 51.0. The van der Waals surface area contributed by atoms with Gasteiger partial charge in [0.1, 0.15) is 0 Å². The first-order chi connectivity index (χ1) is 11.3.